The van der Waals surface area contributed by atoms with Gasteiger partial charge >= 0.3 is 0 Å². The Balaban J connectivity index is 2.36. The van der Waals surface area contributed by atoms with E-state index in [1.54, 1.807) is 7.11 Å². The molecule has 1 aromatic heterocycles. The molecule has 1 fully saturated rings. The molecular formula is C12H16Cl2N2O. The minimum Gasteiger partial charge on any atom is -0.373 e. The number of ether oxygens (including phenoxy) is 1. The fourth-order valence-corrected chi connectivity index (χ4v) is 2.78. The Bertz CT molecular complexity index is 396. The van der Waals surface area contributed by atoms with E-state index in [4.69, 9.17) is 27.9 Å². The maximum Gasteiger partial charge on any atom is 0.160 e. The molecule has 17 heavy (non-hydrogen) atoms. The summed E-state index contributed by atoms with van der Waals surface area (Å²) in [7, 11) is 1.67. The SMILES string of the molecule is COC(c1nc(Cl)c(C(C)C)c(Cl)n1)C1CC1. The number of halogens is 2. The van der Waals surface area contributed by atoms with E-state index in [2.05, 4.69) is 9.97 Å². The first kappa shape index (κ1) is 13.1. The van der Waals surface area contributed by atoms with Crippen molar-refractivity contribution in [3.05, 3.63) is 21.7 Å². The molecule has 5 heteroatoms. The number of hydrogen-bond acceptors (Lipinski definition) is 3. The monoisotopic (exact) mass is 274 g/mol. The van der Waals surface area contributed by atoms with E-state index in [1.165, 1.54) is 0 Å². The summed E-state index contributed by atoms with van der Waals surface area (Å²) in [6.45, 7) is 4.04. The molecule has 0 saturated heterocycles. The van der Waals surface area contributed by atoms with Gasteiger partial charge in [-0.2, -0.15) is 0 Å². The zero-order chi connectivity index (χ0) is 12.6. The smallest absolute Gasteiger partial charge is 0.160 e. The highest BCUT2D eigenvalue weighted by molar-refractivity contribution is 6.34. The Morgan fingerprint density at radius 3 is 2.06 bits per heavy atom. The molecule has 0 radical (unpaired) electrons. The molecule has 94 valence electrons. The second-order valence-corrected chi connectivity index (χ2v) is 5.44. The van der Waals surface area contributed by atoms with Gasteiger partial charge < -0.3 is 4.74 Å². The van der Waals surface area contributed by atoms with Gasteiger partial charge in [0.05, 0.1) is 0 Å². The normalized spacial score (nSPS) is 17.5. The van der Waals surface area contributed by atoms with Crippen LogP contribution in [0.15, 0.2) is 0 Å². The molecule has 0 N–H and O–H groups in total. The van der Waals surface area contributed by atoms with Gasteiger partial charge in [-0.3, -0.25) is 0 Å². The van der Waals surface area contributed by atoms with Crippen LogP contribution in [0.3, 0.4) is 0 Å². The highest BCUT2D eigenvalue weighted by atomic mass is 35.5. The van der Waals surface area contributed by atoms with Gasteiger partial charge in [-0.05, 0) is 24.7 Å². The molecule has 1 saturated carbocycles. The molecule has 0 aliphatic heterocycles. The molecule has 0 amide bonds. The molecular weight excluding hydrogens is 259 g/mol. The van der Waals surface area contributed by atoms with Crippen LogP contribution >= 0.6 is 23.2 Å². The van der Waals surface area contributed by atoms with Crippen LogP contribution in [0.4, 0.5) is 0 Å². The van der Waals surface area contributed by atoms with Crippen LogP contribution in [-0.4, -0.2) is 17.1 Å². The van der Waals surface area contributed by atoms with E-state index < -0.39 is 0 Å². The van der Waals surface area contributed by atoms with Crippen molar-refractivity contribution in [2.45, 2.75) is 38.7 Å². The predicted octanol–water partition coefficient (Wildman–Crippen LogP) is 4.00. The van der Waals surface area contributed by atoms with Gasteiger partial charge in [-0.1, -0.05) is 37.0 Å². The Hall–Kier alpha value is -0.380. The number of hydrogen-bond donors (Lipinski definition) is 0. The van der Waals surface area contributed by atoms with Crippen molar-refractivity contribution in [1.82, 2.24) is 9.97 Å². The first-order chi connectivity index (χ1) is 8.04. The van der Waals surface area contributed by atoms with Crippen molar-refractivity contribution in [3.63, 3.8) is 0 Å². The second kappa shape index (κ2) is 5.09. The zero-order valence-electron chi connectivity index (χ0n) is 10.2. The third kappa shape index (κ3) is 2.72. The molecule has 0 spiro atoms. The van der Waals surface area contributed by atoms with Crippen LogP contribution in [0.25, 0.3) is 0 Å². The molecule has 0 aromatic carbocycles. The minimum atomic E-state index is -0.0776. The number of methoxy groups -OCH3 is 1. The van der Waals surface area contributed by atoms with Gasteiger partial charge in [0.2, 0.25) is 0 Å². The van der Waals surface area contributed by atoms with Crippen LogP contribution in [0.2, 0.25) is 10.3 Å². The third-order valence-corrected chi connectivity index (χ3v) is 3.58. The van der Waals surface area contributed by atoms with Crippen molar-refractivity contribution in [2.24, 2.45) is 5.92 Å². The standard InChI is InChI=1S/C12H16Cl2N2O/c1-6(2)8-10(13)15-12(16-11(8)14)9(17-3)7-4-5-7/h6-7,9H,4-5H2,1-3H3. The Kier molecular flexibility index (Phi) is 3.91. The molecule has 1 aromatic rings. The molecule has 2 rings (SSSR count). The average molecular weight is 275 g/mol. The second-order valence-electron chi connectivity index (χ2n) is 4.73. The molecule has 1 aliphatic carbocycles. The summed E-state index contributed by atoms with van der Waals surface area (Å²) in [5, 5.41) is 0.885. The molecule has 1 atom stereocenters. The topological polar surface area (TPSA) is 35.0 Å². The predicted molar refractivity (Wildman–Crippen MR) is 68.6 cm³/mol. The van der Waals surface area contributed by atoms with E-state index in [1.807, 2.05) is 13.8 Å². The van der Waals surface area contributed by atoms with Crippen molar-refractivity contribution < 1.29 is 4.74 Å². The first-order valence-electron chi connectivity index (χ1n) is 5.80. The van der Waals surface area contributed by atoms with Crippen LogP contribution in [0, 0.1) is 5.92 Å². The summed E-state index contributed by atoms with van der Waals surface area (Å²) in [5.41, 5.74) is 0.808. The van der Waals surface area contributed by atoms with Crippen LogP contribution < -0.4 is 0 Å². The van der Waals surface area contributed by atoms with Gasteiger partial charge in [-0.15, -0.1) is 0 Å². The van der Waals surface area contributed by atoms with Gasteiger partial charge in [-0.25, -0.2) is 9.97 Å². The molecule has 3 nitrogen and oxygen atoms in total. The van der Waals surface area contributed by atoms with E-state index in [-0.39, 0.29) is 12.0 Å². The van der Waals surface area contributed by atoms with Gasteiger partial charge in [0, 0.05) is 12.7 Å². The van der Waals surface area contributed by atoms with Gasteiger partial charge in [0.1, 0.15) is 16.4 Å². The summed E-state index contributed by atoms with van der Waals surface area (Å²) in [6.07, 6.45) is 2.23. The van der Waals surface area contributed by atoms with Crippen molar-refractivity contribution >= 4 is 23.2 Å². The summed E-state index contributed by atoms with van der Waals surface area (Å²) in [6, 6.07) is 0. The van der Waals surface area contributed by atoms with Crippen molar-refractivity contribution in [1.29, 1.82) is 0 Å². The summed E-state index contributed by atoms with van der Waals surface area (Å²) >= 11 is 12.3. The largest absolute Gasteiger partial charge is 0.373 e. The summed E-state index contributed by atoms with van der Waals surface area (Å²) < 4.78 is 5.43. The lowest BCUT2D eigenvalue weighted by Crippen LogP contribution is -2.11. The van der Waals surface area contributed by atoms with E-state index in [0.29, 0.717) is 22.0 Å². The van der Waals surface area contributed by atoms with Gasteiger partial charge in [0.15, 0.2) is 5.82 Å². The highest BCUT2D eigenvalue weighted by Crippen LogP contribution is 2.42. The minimum absolute atomic E-state index is 0.0776. The highest BCUT2D eigenvalue weighted by Gasteiger charge is 2.35. The number of aromatic nitrogens is 2. The van der Waals surface area contributed by atoms with E-state index in [9.17, 15) is 0 Å². The van der Waals surface area contributed by atoms with Crippen LogP contribution in [0.1, 0.15) is 50.1 Å². The quantitative estimate of drug-likeness (QED) is 0.779. The van der Waals surface area contributed by atoms with Crippen LogP contribution in [-0.2, 0) is 4.74 Å². The lowest BCUT2D eigenvalue weighted by Gasteiger charge is -2.16. The molecule has 0 bridgehead atoms. The summed E-state index contributed by atoms with van der Waals surface area (Å²) in [4.78, 5) is 8.67. The number of nitrogens with zero attached hydrogens (tertiary/aromatic N) is 2. The molecule has 1 aliphatic rings. The third-order valence-electron chi connectivity index (χ3n) is 3.01. The fraction of sp³-hybridized carbons (Fsp3) is 0.667. The molecule has 1 unspecified atom stereocenters. The average Bonchev–Trinajstić information content (AvgIpc) is 3.01. The lowest BCUT2D eigenvalue weighted by atomic mass is 10.1. The maximum atomic E-state index is 6.16. The summed E-state index contributed by atoms with van der Waals surface area (Å²) in [5.74, 6) is 1.33. The Labute approximate surface area is 112 Å². The van der Waals surface area contributed by atoms with E-state index in [0.717, 1.165) is 18.4 Å². The lowest BCUT2D eigenvalue weighted by molar-refractivity contribution is 0.0771. The zero-order valence-corrected chi connectivity index (χ0v) is 11.7. The van der Waals surface area contributed by atoms with Crippen LogP contribution in [0.5, 0.6) is 0 Å². The first-order valence-corrected chi connectivity index (χ1v) is 6.55. The Morgan fingerprint density at radius 2 is 1.71 bits per heavy atom. The Morgan fingerprint density at radius 1 is 1.18 bits per heavy atom. The molecule has 1 heterocycles. The van der Waals surface area contributed by atoms with E-state index >= 15 is 0 Å². The fourth-order valence-electron chi connectivity index (χ4n) is 1.94. The van der Waals surface area contributed by atoms with Gasteiger partial charge in [0.25, 0.3) is 0 Å². The number of rotatable bonds is 4. The maximum absolute atomic E-state index is 6.16. The van der Waals surface area contributed by atoms with Crippen molar-refractivity contribution in [3.8, 4) is 0 Å². The van der Waals surface area contributed by atoms with Crippen molar-refractivity contribution in [2.75, 3.05) is 7.11 Å².